The van der Waals surface area contributed by atoms with Gasteiger partial charge in [-0.2, -0.15) is 13.2 Å². The van der Waals surface area contributed by atoms with E-state index in [1.54, 1.807) is 6.07 Å². The van der Waals surface area contributed by atoms with Crippen molar-refractivity contribution in [3.8, 4) is 0 Å². The monoisotopic (exact) mass is 235 g/mol. The third-order valence-electron chi connectivity index (χ3n) is 2.42. The summed E-state index contributed by atoms with van der Waals surface area (Å²) in [4.78, 5) is 1.58. The molecule has 2 rings (SSSR count). The number of fused-ring (bicyclic) bond motifs is 1. The van der Waals surface area contributed by atoms with Crippen LogP contribution in [0, 0.1) is 0 Å². The molecule has 84 valence electrons. The Hall–Kier alpha value is -0.550. The summed E-state index contributed by atoms with van der Waals surface area (Å²) in [6, 6.07) is 1.72. The maximum Gasteiger partial charge on any atom is 0.393 e. The van der Waals surface area contributed by atoms with Gasteiger partial charge in [-0.05, 0) is 37.6 Å². The third-order valence-corrected chi connectivity index (χ3v) is 3.66. The van der Waals surface area contributed by atoms with Crippen molar-refractivity contribution in [1.29, 1.82) is 0 Å². The van der Waals surface area contributed by atoms with E-state index < -0.39 is 12.6 Å². The van der Waals surface area contributed by atoms with Gasteiger partial charge in [0, 0.05) is 9.75 Å². The predicted molar refractivity (Wildman–Crippen MR) is 54.4 cm³/mol. The number of thiophene rings is 1. The van der Waals surface area contributed by atoms with E-state index in [0.29, 0.717) is 4.88 Å². The minimum Gasteiger partial charge on any atom is -0.316 e. The lowest BCUT2D eigenvalue weighted by molar-refractivity contribution is -0.126. The number of nitrogens with one attached hydrogen (secondary N) is 1. The first-order valence-electron chi connectivity index (χ1n) is 4.92. The second-order valence-electron chi connectivity index (χ2n) is 3.70. The second-order valence-corrected chi connectivity index (χ2v) is 4.92. The molecule has 0 aromatic carbocycles. The molecule has 1 N–H and O–H groups in total. The zero-order valence-corrected chi connectivity index (χ0v) is 8.97. The summed E-state index contributed by atoms with van der Waals surface area (Å²) in [5, 5.41) is 3.23. The van der Waals surface area contributed by atoms with E-state index in [1.807, 2.05) is 0 Å². The van der Waals surface area contributed by atoms with Crippen molar-refractivity contribution in [2.45, 2.75) is 25.4 Å². The Labute approximate surface area is 90.3 Å². The molecule has 0 saturated carbocycles. The van der Waals surface area contributed by atoms with Crippen LogP contribution in [0.2, 0.25) is 0 Å². The first-order chi connectivity index (χ1) is 7.04. The van der Waals surface area contributed by atoms with Gasteiger partial charge in [0.2, 0.25) is 0 Å². The largest absolute Gasteiger partial charge is 0.393 e. The molecule has 0 spiro atoms. The highest BCUT2D eigenvalue weighted by atomic mass is 32.1. The van der Waals surface area contributed by atoms with Crippen molar-refractivity contribution in [3.63, 3.8) is 0 Å². The molecule has 0 radical (unpaired) electrons. The highest BCUT2D eigenvalue weighted by molar-refractivity contribution is 7.12. The van der Waals surface area contributed by atoms with E-state index in [1.165, 1.54) is 11.3 Å². The molecule has 1 aliphatic rings. The Bertz CT molecular complexity index is 319. The van der Waals surface area contributed by atoms with Gasteiger partial charge < -0.3 is 5.32 Å². The van der Waals surface area contributed by atoms with Crippen LogP contribution in [-0.2, 0) is 19.3 Å². The number of rotatable bonds is 1. The predicted octanol–water partition coefficient (Wildman–Crippen LogP) is 2.54. The van der Waals surface area contributed by atoms with Crippen molar-refractivity contribution in [2.75, 3.05) is 13.1 Å². The molecular formula is C10H12F3NS. The van der Waals surface area contributed by atoms with Gasteiger partial charge in [-0.15, -0.1) is 11.3 Å². The van der Waals surface area contributed by atoms with Crippen LogP contribution >= 0.6 is 11.3 Å². The summed E-state index contributed by atoms with van der Waals surface area (Å²) in [5.74, 6) is 0. The first-order valence-corrected chi connectivity index (χ1v) is 5.74. The first kappa shape index (κ1) is 11.0. The van der Waals surface area contributed by atoms with Crippen LogP contribution in [0.25, 0.3) is 0 Å². The average Bonchev–Trinajstić information content (AvgIpc) is 2.32. The molecule has 0 amide bonds. The van der Waals surface area contributed by atoms with E-state index in [-0.39, 0.29) is 0 Å². The molecule has 1 aliphatic heterocycles. The van der Waals surface area contributed by atoms with E-state index >= 15 is 0 Å². The Kier molecular flexibility index (Phi) is 3.02. The lowest BCUT2D eigenvalue weighted by atomic mass is 10.1. The number of halogens is 3. The molecule has 0 aliphatic carbocycles. The molecule has 1 aromatic heterocycles. The summed E-state index contributed by atoms with van der Waals surface area (Å²) < 4.78 is 36.5. The summed E-state index contributed by atoms with van der Waals surface area (Å²) in [6.07, 6.45) is -3.15. The Morgan fingerprint density at radius 3 is 2.73 bits per heavy atom. The fourth-order valence-electron chi connectivity index (χ4n) is 1.79. The van der Waals surface area contributed by atoms with E-state index in [4.69, 9.17) is 0 Å². The molecule has 0 saturated heterocycles. The molecule has 1 aromatic rings. The molecule has 0 unspecified atom stereocenters. The van der Waals surface area contributed by atoms with Crippen LogP contribution in [0.5, 0.6) is 0 Å². The fourth-order valence-corrected chi connectivity index (χ4v) is 3.04. The van der Waals surface area contributed by atoms with Crippen LogP contribution < -0.4 is 5.32 Å². The summed E-state index contributed by atoms with van der Waals surface area (Å²) in [7, 11) is 0. The molecule has 15 heavy (non-hydrogen) atoms. The number of alkyl halides is 3. The number of hydrogen-bond acceptors (Lipinski definition) is 2. The van der Waals surface area contributed by atoms with Crippen LogP contribution in [0.3, 0.4) is 0 Å². The number of hydrogen-bond donors (Lipinski definition) is 1. The lowest BCUT2D eigenvalue weighted by Crippen LogP contribution is -2.16. The van der Waals surface area contributed by atoms with Crippen molar-refractivity contribution in [3.05, 3.63) is 21.4 Å². The van der Waals surface area contributed by atoms with Crippen LogP contribution in [-0.4, -0.2) is 19.3 Å². The topological polar surface area (TPSA) is 12.0 Å². The summed E-state index contributed by atoms with van der Waals surface area (Å²) in [6.45, 7) is 1.74. The minimum absolute atomic E-state index is 0.453. The standard InChI is InChI=1S/C10H12F3NS/c11-10(12,13)6-8-5-7-1-3-14-4-2-9(7)15-8/h5,14H,1-4,6H2. The Morgan fingerprint density at radius 2 is 2.00 bits per heavy atom. The van der Waals surface area contributed by atoms with Gasteiger partial charge in [0.1, 0.15) is 0 Å². The second kappa shape index (κ2) is 4.14. The van der Waals surface area contributed by atoms with E-state index in [2.05, 4.69) is 5.32 Å². The van der Waals surface area contributed by atoms with Gasteiger partial charge in [0.15, 0.2) is 0 Å². The molecule has 5 heteroatoms. The van der Waals surface area contributed by atoms with Gasteiger partial charge in [0.05, 0.1) is 6.42 Å². The molecule has 0 fully saturated rings. The highest BCUT2D eigenvalue weighted by Crippen LogP contribution is 2.30. The lowest BCUT2D eigenvalue weighted by Gasteiger charge is -2.02. The summed E-state index contributed by atoms with van der Waals surface area (Å²) in [5.41, 5.74) is 1.10. The zero-order chi connectivity index (χ0) is 10.9. The molecular weight excluding hydrogens is 223 g/mol. The van der Waals surface area contributed by atoms with Crippen LogP contribution in [0.1, 0.15) is 15.3 Å². The van der Waals surface area contributed by atoms with Crippen molar-refractivity contribution in [1.82, 2.24) is 5.32 Å². The Morgan fingerprint density at radius 1 is 1.27 bits per heavy atom. The smallest absolute Gasteiger partial charge is 0.316 e. The quantitative estimate of drug-likeness (QED) is 0.788. The minimum atomic E-state index is -4.08. The SMILES string of the molecule is FC(F)(F)Cc1cc2c(s1)CCNCC2. The molecule has 1 nitrogen and oxygen atoms in total. The zero-order valence-electron chi connectivity index (χ0n) is 8.16. The van der Waals surface area contributed by atoms with Gasteiger partial charge in [-0.3, -0.25) is 0 Å². The maximum absolute atomic E-state index is 12.2. The Balaban J connectivity index is 2.15. The third kappa shape index (κ3) is 2.95. The highest BCUT2D eigenvalue weighted by Gasteiger charge is 2.29. The van der Waals surface area contributed by atoms with Crippen LogP contribution in [0.15, 0.2) is 6.07 Å². The van der Waals surface area contributed by atoms with Crippen molar-refractivity contribution >= 4 is 11.3 Å². The normalized spacial score (nSPS) is 17.3. The van der Waals surface area contributed by atoms with Crippen molar-refractivity contribution < 1.29 is 13.2 Å². The van der Waals surface area contributed by atoms with Crippen LogP contribution in [0.4, 0.5) is 13.2 Å². The fraction of sp³-hybridized carbons (Fsp3) is 0.600. The van der Waals surface area contributed by atoms with E-state index in [9.17, 15) is 13.2 Å². The van der Waals surface area contributed by atoms with Gasteiger partial charge >= 0.3 is 6.18 Å². The van der Waals surface area contributed by atoms with Gasteiger partial charge in [-0.25, -0.2) is 0 Å². The molecule has 0 atom stereocenters. The van der Waals surface area contributed by atoms with E-state index in [0.717, 1.165) is 36.4 Å². The molecule has 2 heterocycles. The summed E-state index contributed by atoms with van der Waals surface area (Å²) >= 11 is 1.32. The van der Waals surface area contributed by atoms with Gasteiger partial charge in [-0.1, -0.05) is 0 Å². The van der Waals surface area contributed by atoms with Gasteiger partial charge in [0.25, 0.3) is 0 Å². The average molecular weight is 235 g/mol. The molecule has 0 bridgehead atoms. The maximum atomic E-state index is 12.2. The van der Waals surface area contributed by atoms with Crippen molar-refractivity contribution in [2.24, 2.45) is 0 Å².